The van der Waals surface area contributed by atoms with Crippen LogP contribution in [-0.2, 0) is 9.59 Å². The van der Waals surface area contributed by atoms with E-state index in [0.29, 0.717) is 6.07 Å². The Morgan fingerprint density at radius 1 is 1.45 bits per heavy atom. The maximum absolute atomic E-state index is 13.3. The molecule has 108 valence electrons. The number of benzene rings is 1. The summed E-state index contributed by atoms with van der Waals surface area (Å²) in [5, 5.41) is 12.0. The van der Waals surface area contributed by atoms with E-state index < -0.39 is 41.2 Å². The first-order chi connectivity index (χ1) is 9.49. The molecule has 1 heterocycles. The van der Waals surface area contributed by atoms with Crippen molar-refractivity contribution in [1.82, 2.24) is 10.8 Å². The van der Waals surface area contributed by atoms with Crippen LogP contribution in [0.4, 0.5) is 8.78 Å². The van der Waals surface area contributed by atoms with E-state index in [4.69, 9.17) is 0 Å². The Kier molecular flexibility index (Phi) is 4.14. The zero-order chi connectivity index (χ0) is 14.7. The van der Waals surface area contributed by atoms with Crippen LogP contribution in [0.15, 0.2) is 18.2 Å². The van der Waals surface area contributed by atoms with E-state index in [1.807, 2.05) is 5.48 Å². The summed E-state index contributed by atoms with van der Waals surface area (Å²) in [7, 11) is 0. The topological polar surface area (TPSA) is 87.7 Å². The predicted octanol–water partition coefficient (Wildman–Crippen LogP) is -0.128. The summed E-state index contributed by atoms with van der Waals surface area (Å²) < 4.78 is 25.9. The van der Waals surface area contributed by atoms with Crippen LogP contribution in [0, 0.1) is 17.6 Å². The van der Waals surface area contributed by atoms with E-state index in [9.17, 15) is 23.5 Å². The van der Waals surface area contributed by atoms with Crippen LogP contribution < -0.4 is 15.6 Å². The van der Waals surface area contributed by atoms with E-state index >= 15 is 0 Å². The smallest absolute Gasteiger partial charge is 0.267 e. The van der Waals surface area contributed by atoms with E-state index in [-0.39, 0.29) is 13.0 Å². The number of halogens is 2. The standard InChI is InChI=1S/C12H12F2N2O4/c13-6-1-2-9(7(14)5-6)20-16-12(19)10-8(17)3-4-15-11(10)18/h1-2,5,8,10,17H,3-4H2,(H,15,18)(H,16,19). The summed E-state index contributed by atoms with van der Waals surface area (Å²) in [5.74, 6) is -5.05. The lowest BCUT2D eigenvalue weighted by molar-refractivity contribution is -0.146. The third-order valence-electron chi connectivity index (χ3n) is 2.84. The molecule has 0 saturated carbocycles. The molecule has 6 nitrogen and oxygen atoms in total. The van der Waals surface area contributed by atoms with Crippen molar-refractivity contribution in [3.63, 3.8) is 0 Å². The van der Waals surface area contributed by atoms with Crippen molar-refractivity contribution in [2.45, 2.75) is 12.5 Å². The highest BCUT2D eigenvalue weighted by atomic mass is 19.1. The van der Waals surface area contributed by atoms with Gasteiger partial charge in [-0.3, -0.25) is 9.59 Å². The van der Waals surface area contributed by atoms with Gasteiger partial charge in [-0.15, -0.1) is 0 Å². The highest BCUT2D eigenvalue weighted by Gasteiger charge is 2.37. The number of carbonyl (C=O) groups is 2. The third-order valence-corrected chi connectivity index (χ3v) is 2.84. The summed E-state index contributed by atoms with van der Waals surface area (Å²) in [4.78, 5) is 27.8. The van der Waals surface area contributed by atoms with Gasteiger partial charge < -0.3 is 15.3 Å². The van der Waals surface area contributed by atoms with Crippen LogP contribution >= 0.6 is 0 Å². The van der Waals surface area contributed by atoms with Gasteiger partial charge in [-0.25, -0.2) is 8.78 Å². The number of hydrogen-bond acceptors (Lipinski definition) is 4. The summed E-state index contributed by atoms with van der Waals surface area (Å²) >= 11 is 0. The fraction of sp³-hybridized carbons (Fsp3) is 0.333. The normalized spacial score (nSPS) is 22.1. The molecule has 1 aromatic carbocycles. The zero-order valence-electron chi connectivity index (χ0n) is 10.2. The number of aliphatic hydroxyl groups is 1. The number of nitrogens with one attached hydrogen (secondary N) is 2. The van der Waals surface area contributed by atoms with E-state index in [0.717, 1.165) is 12.1 Å². The van der Waals surface area contributed by atoms with Crippen molar-refractivity contribution in [2.24, 2.45) is 5.92 Å². The quantitative estimate of drug-likeness (QED) is 0.533. The largest absolute Gasteiger partial charge is 0.392 e. The fourth-order valence-electron chi connectivity index (χ4n) is 1.82. The molecule has 0 spiro atoms. The van der Waals surface area contributed by atoms with Crippen LogP contribution in [0.5, 0.6) is 5.75 Å². The highest BCUT2D eigenvalue weighted by molar-refractivity contribution is 6.01. The van der Waals surface area contributed by atoms with Gasteiger partial charge in [0.15, 0.2) is 11.6 Å². The minimum atomic E-state index is -1.33. The molecule has 8 heteroatoms. The second-order valence-corrected chi connectivity index (χ2v) is 4.27. The molecule has 20 heavy (non-hydrogen) atoms. The molecule has 1 aromatic rings. The zero-order valence-corrected chi connectivity index (χ0v) is 10.2. The second kappa shape index (κ2) is 5.83. The Bertz CT molecular complexity index is 538. The van der Waals surface area contributed by atoms with Gasteiger partial charge in [-0.1, -0.05) is 0 Å². The highest BCUT2D eigenvalue weighted by Crippen LogP contribution is 2.17. The van der Waals surface area contributed by atoms with Crippen molar-refractivity contribution >= 4 is 11.8 Å². The lowest BCUT2D eigenvalue weighted by Crippen LogP contribution is -2.52. The van der Waals surface area contributed by atoms with Gasteiger partial charge in [0.2, 0.25) is 5.91 Å². The van der Waals surface area contributed by atoms with Crippen molar-refractivity contribution in [3.05, 3.63) is 29.8 Å². The number of rotatable bonds is 3. The van der Waals surface area contributed by atoms with Gasteiger partial charge in [0, 0.05) is 12.6 Å². The monoisotopic (exact) mass is 286 g/mol. The molecule has 0 aliphatic carbocycles. The van der Waals surface area contributed by atoms with Gasteiger partial charge in [0.05, 0.1) is 6.10 Å². The van der Waals surface area contributed by atoms with E-state index in [1.54, 1.807) is 0 Å². The number of amides is 2. The number of piperidine rings is 1. The van der Waals surface area contributed by atoms with Gasteiger partial charge >= 0.3 is 0 Å². The molecule has 2 amide bonds. The average molecular weight is 286 g/mol. The average Bonchev–Trinajstić information content (AvgIpc) is 2.37. The van der Waals surface area contributed by atoms with Crippen LogP contribution in [0.1, 0.15) is 6.42 Å². The molecule has 0 aromatic heterocycles. The lowest BCUT2D eigenvalue weighted by atomic mass is 9.95. The van der Waals surface area contributed by atoms with Gasteiger partial charge in [-0.05, 0) is 18.6 Å². The summed E-state index contributed by atoms with van der Waals surface area (Å²) in [6.07, 6.45) is -0.903. The molecular formula is C12H12F2N2O4. The minimum absolute atomic E-state index is 0.231. The van der Waals surface area contributed by atoms with Gasteiger partial charge in [-0.2, -0.15) is 5.48 Å². The van der Waals surface area contributed by atoms with E-state index in [1.165, 1.54) is 0 Å². The Balaban J connectivity index is 1.99. The summed E-state index contributed by atoms with van der Waals surface area (Å²) in [6, 6.07) is 2.53. The van der Waals surface area contributed by atoms with Gasteiger partial charge in [0.1, 0.15) is 11.7 Å². The Morgan fingerprint density at radius 3 is 2.85 bits per heavy atom. The first-order valence-electron chi connectivity index (χ1n) is 5.86. The molecule has 2 atom stereocenters. The molecule has 1 aliphatic rings. The molecule has 1 fully saturated rings. The third kappa shape index (κ3) is 3.02. The number of hydrogen-bond donors (Lipinski definition) is 3. The van der Waals surface area contributed by atoms with E-state index in [2.05, 4.69) is 10.2 Å². The van der Waals surface area contributed by atoms with Crippen LogP contribution in [-0.4, -0.2) is 29.6 Å². The first kappa shape index (κ1) is 14.2. The molecule has 2 rings (SSSR count). The molecule has 2 unspecified atom stereocenters. The molecule has 3 N–H and O–H groups in total. The Morgan fingerprint density at radius 2 is 2.20 bits per heavy atom. The molecule has 1 aliphatic heterocycles. The predicted molar refractivity (Wildman–Crippen MR) is 62.3 cm³/mol. The molecule has 0 radical (unpaired) electrons. The van der Waals surface area contributed by atoms with Gasteiger partial charge in [0.25, 0.3) is 5.91 Å². The van der Waals surface area contributed by atoms with Crippen LogP contribution in [0.3, 0.4) is 0 Å². The molecule has 0 bridgehead atoms. The summed E-state index contributed by atoms with van der Waals surface area (Å²) in [6.45, 7) is 0.275. The van der Waals surface area contributed by atoms with Crippen molar-refractivity contribution in [2.75, 3.05) is 6.54 Å². The van der Waals surface area contributed by atoms with Crippen LogP contribution in [0.2, 0.25) is 0 Å². The van der Waals surface area contributed by atoms with Crippen molar-refractivity contribution in [1.29, 1.82) is 0 Å². The number of hydroxylamine groups is 1. The fourth-order valence-corrected chi connectivity index (χ4v) is 1.82. The molecular weight excluding hydrogens is 274 g/mol. The number of aliphatic hydroxyl groups excluding tert-OH is 1. The van der Waals surface area contributed by atoms with Crippen molar-refractivity contribution < 1.29 is 28.3 Å². The SMILES string of the molecule is O=C1NCCC(O)C1C(=O)NOc1ccc(F)cc1F. The molecule has 1 saturated heterocycles. The lowest BCUT2D eigenvalue weighted by Gasteiger charge is -2.25. The number of carbonyl (C=O) groups excluding carboxylic acids is 2. The first-order valence-corrected chi connectivity index (χ1v) is 5.86. The minimum Gasteiger partial charge on any atom is -0.392 e. The summed E-state index contributed by atoms with van der Waals surface area (Å²) in [5.41, 5.74) is 1.87. The van der Waals surface area contributed by atoms with Crippen molar-refractivity contribution in [3.8, 4) is 5.75 Å². The Hall–Kier alpha value is -2.22. The maximum Gasteiger partial charge on any atom is 0.267 e. The van der Waals surface area contributed by atoms with Crippen LogP contribution in [0.25, 0.3) is 0 Å². The second-order valence-electron chi connectivity index (χ2n) is 4.27. The Labute approximate surface area is 112 Å². The maximum atomic E-state index is 13.3.